The van der Waals surface area contributed by atoms with E-state index < -0.39 is 5.69 Å². The predicted molar refractivity (Wildman–Crippen MR) is 126 cm³/mol. The molecule has 0 saturated carbocycles. The zero-order valence-electron chi connectivity index (χ0n) is 18.2. The quantitative estimate of drug-likeness (QED) is 0.252. The zero-order valence-corrected chi connectivity index (χ0v) is 18.2. The summed E-state index contributed by atoms with van der Waals surface area (Å²) in [6, 6.07) is 14.8. The normalized spacial score (nSPS) is 12.0. The Hall–Kier alpha value is -4.73. The molecule has 0 fully saturated rings. The maximum absolute atomic E-state index is 12.7. The molecule has 0 radical (unpaired) electrons. The fraction of sp³-hybridized carbons (Fsp3) is 0.125. The lowest BCUT2D eigenvalue weighted by Crippen LogP contribution is -2.18. The molecule has 0 aliphatic rings. The van der Waals surface area contributed by atoms with Gasteiger partial charge in [-0.1, -0.05) is 24.3 Å². The molecular weight excluding hydrogens is 434 g/mol. The maximum atomic E-state index is 12.7. The topological polar surface area (TPSA) is 149 Å². The van der Waals surface area contributed by atoms with Gasteiger partial charge < -0.3 is 14.9 Å². The Morgan fingerprint density at radius 2 is 1.97 bits per heavy atom. The van der Waals surface area contributed by atoms with Crippen LogP contribution in [0.25, 0.3) is 16.9 Å². The molecule has 3 aromatic heterocycles. The van der Waals surface area contributed by atoms with E-state index in [0.29, 0.717) is 29.1 Å². The maximum Gasteiger partial charge on any atom is 0.350 e. The first kappa shape index (κ1) is 21.1. The minimum atomic E-state index is -0.436. The largest absolute Gasteiger partial charge is 0.493 e. The van der Waals surface area contributed by atoms with Crippen molar-refractivity contribution in [2.24, 2.45) is 5.73 Å². The average Bonchev–Trinajstić information content (AvgIpc) is 3.49. The van der Waals surface area contributed by atoms with E-state index in [1.165, 1.54) is 0 Å². The number of amidine groups is 1. The van der Waals surface area contributed by atoms with E-state index in [1.807, 2.05) is 30.3 Å². The number of ether oxygens (including phenoxy) is 1. The third kappa shape index (κ3) is 3.92. The van der Waals surface area contributed by atoms with Gasteiger partial charge in [0, 0.05) is 29.3 Å². The highest BCUT2D eigenvalue weighted by atomic mass is 16.5. The number of aromatic amines is 1. The molecule has 0 spiro atoms. The number of benzene rings is 2. The van der Waals surface area contributed by atoms with Gasteiger partial charge in [-0.25, -0.2) is 14.8 Å². The van der Waals surface area contributed by atoms with Gasteiger partial charge in [0.2, 0.25) is 0 Å². The van der Waals surface area contributed by atoms with E-state index in [1.54, 1.807) is 44.0 Å². The van der Waals surface area contributed by atoms with E-state index >= 15 is 0 Å². The van der Waals surface area contributed by atoms with Crippen molar-refractivity contribution < 1.29 is 9.15 Å². The first-order valence-electron chi connectivity index (χ1n) is 10.5. The molecule has 5 aromatic rings. The molecule has 170 valence electrons. The van der Waals surface area contributed by atoms with Crippen LogP contribution in [0.1, 0.15) is 28.4 Å². The summed E-state index contributed by atoms with van der Waals surface area (Å²) >= 11 is 0. The lowest BCUT2D eigenvalue weighted by molar-refractivity contribution is 0.409. The highest BCUT2D eigenvalue weighted by molar-refractivity contribution is 5.94. The Kier molecular flexibility index (Phi) is 5.38. The number of furan rings is 1. The molecule has 0 amide bonds. The van der Waals surface area contributed by atoms with Crippen molar-refractivity contribution >= 4 is 16.8 Å². The first-order valence-corrected chi connectivity index (χ1v) is 10.5. The number of hydrogen-bond donors (Lipinski definition) is 3. The summed E-state index contributed by atoms with van der Waals surface area (Å²) in [5.41, 5.74) is 8.31. The predicted octanol–water partition coefficient (Wildman–Crippen LogP) is 2.76. The number of nitrogen functional groups attached to an aromatic ring is 1. The van der Waals surface area contributed by atoms with Gasteiger partial charge in [-0.3, -0.25) is 10.4 Å². The van der Waals surface area contributed by atoms with Crippen LogP contribution in [-0.2, 0) is 6.42 Å². The smallest absolute Gasteiger partial charge is 0.350 e. The molecule has 34 heavy (non-hydrogen) atoms. The molecule has 1 atom stereocenters. The molecule has 0 saturated heterocycles. The molecule has 0 bridgehead atoms. The van der Waals surface area contributed by atoms with Gasteiger partial charge in [0.15, 0.2) is 11.3 Å². The fourth-order valence-corrected chi connectivity index (χ4v) is 3.89. The number of hydrogen-bond acceptors (Lipinski definition) is 7. The molecule has 1 unspecified atom stereocenters. The van der Waals surface area contributed by atoms with Gasteiger partial charge in [-0.15, -0.1) is 9.78 Å². The Balaban J connectivity index is 1.62. The average molecular weight is 455 g/mol. The van der Waals surface area contributed by atoms with Crippen molar-refractivity contribution in [1.29, 1.82) is 5.41 Å². The summed E-state index contributed by atoms with van der Waals surface area (Å²) in [6.07, 6.45) is 5.23. The number of methoxy groups -OCH3 is 1. The summed E-state index contributed by atoms with van der Waals surface area (Å²) in [4.78, 5) is 23.9. The first-order chi connectivity index (χ1) is 16.5. The molecule has 10 heteroatoms. The van der Waals surface area contributed by atoms with Crippen LogP contribution < -0.4 is 16.2 Å². The molecule has 0 aliphatic carbocycles. The number of aromatic nitrogens is 5. The van der Waals surface area contributed by atoms with Crippen molar-refractivity contribution in [3.8, 4) is 11.7 Å². The second-order valence-corrected chi connectivity index (χ2v) is 7.71. The standard InChI is InChI=1S/C24H21N7O3/c1-33-19-13-17(12-16-7-10-34-20(16)19)18(11-14-3-5-15(6-4-14)21(25)26)22-29-24(32)31(30-22)23-27-8-2-9-28-23/h2-10,12-13,18H,11H2,1H3,(H3,25,26)(H,29,30,32). The molecule has 10 nitrogen and oxygen atoms in total. The Morgan fingerprint density at radius 1 is 1.21 bits per heavy atom. The van der Waals surface area contributed by atoms with E-state index in [-0.39, 0.29) is 17.7 Å². The highest BCUT2D eigenvalue weighted by Gasteiger charge is 2.23. The van der Waals surface area contributed by atoms with Crippen molar-refractivity contribution in [3.63, 3.8) is 0 Å². The number of H-pyrrole nitrogens is 1. The molecule has 2 aromatic carbocycles. The Morgan fingerprint density at radius 3 is 2.68 bits per heavy atom. The third-order valence-corrected chi connectivity index (χ3v) is 5.57. The second-order valence-electron chi connectivity index (χ2n) is 7.71. The monoisotopic (exact) mass is 455 g/mol. The second kappa shape index (κ2) is 8.66. The van der Waals surface area contributed by atoms with Crippen LogP contribution in [-0.4, -0.2) is 37.7 Å². The van der Waals surface area contributed by atoms with Gasteiger partial charge in [0.1, 0.15) is 11.7 Å². The summed E-state index contributed by atoms with van der Waals surface area (Å²) in [5.74, 6) is 0.904. The highest BCUT2D eigenvalue weighted by Crippen LogP contribution is 2.34. The number of rotatable bonds is 7. The van der Waals surface area contributed by atoms with E-state index in [2.05, 4.69) is 20.1 Å². The fourth-order valence-electron chi connectivity index (χ4n) is 3.89. The number of fused-ring (bicyclic) bond motifs is 1. The molecular formula is C24H21N7O3. The zero-order chi connectivity index (χ0) is 23.7. The van der Waals surface area contributed by atoms with Crippen LogP contribution in [0, 0.1) is 5.41 Å². The van der Waals surface area contributed by atoms with Gasteiger partial charge in [-0.2, -0.15) is 0 Å². The van der Waals surface area contributed by atoms with Crippen LogP contribution >= 0.6 is 0 Å². The van der Waals surface area contributed by atoms with Crippen LogP contribution in [0.2, 0.25) is 0 Å². The van der Waals surface area contributed by atoms with Crippen LogP contribution in [0.4, 0.5) is 0 Å². The van der Waals surface area contributed by atoms with Crippen LogP contribution in [0.15, 0.2) is 76.4 Å². The van der Waals surface area contributed by atoms with Crippen LogP contribution in [0.5, 0.6) is 5.75 Å². The number of nitrogens with zero attached hydrogens (tertiary/aromatic N) is 4. The van der Waals surface area contributed by atoms with Gasteiger partial charge in [0.25, 0.3) is 5.95 Å². The van der Waals surface area contributed by atoms with E-state index in [9.17, 15) is 4.79 Å². The molecule has 3 heterocycles. The summed E-state index contributed by atoms with van der Waals surface area (Å²) in [5, 5.41) is 13.0. The number of nitrogens with two attached hydrogens (primary N) is 1. The summed E-state index contributed by atoms with van der Waals surface area (Å²) < 4.78 is 12.3. The minimum Gasteiger partial charge on any atom is -0.493 e. The summed E-state index contributed by atoms with van der Waals surface area (Å²) in [7, 11) is 1.58. The molecule has 0 aliphatic heterocycles. The lowest BCUT2D eigenvalue weighted by Gasteiger charge is -2.16. The Labute approximate surface area is 193 Å². The molecule has 4 N–H and O–H groups in total. The number of nitrogens with one attached hydrogen (secondary N) is 2. The van der Waals surface area contributed by atoms with Crippen LogP contribution in [0.3, 0.4) is 0 Å². The lowest BCUT2D eigenvalue weighted by atomic mass is 9.90. The van der Waals surface area contributed by atoms with Gasteiger partial charge in [-0.05, 0) is 41.8 Å². The SMILES string of the molecule is COc1cc(C(Cc2ccc(C(=N)N)cc2)c2nn(-c3ncccn3)c(=O)[nH]2)cc2ccoc12. The van der Waals surface area contributed by atoms with E-state index in [0.717, 1.165) is 21.2 Å². The van der Waals surface area contributed by atoms with Gasteiger partial charge in [0.05, 0.1) is 13.4 Å². The van der Waals surface area contributed by atoms with Gasteiger partial charge >= 0.3 is 5.69 Å². The third-order valence-electron chi connectivity index (χ3n) is 5.57. The van der Waals surface area contributed by atoms with Crippen molar-refractivity contribution in [3.05, 3.63) is 100 Å². The van der Waals surface area contributed by atoms with Crippen molar-refractivity contribution in [2.75, 3.05) is 7.11 Å². The molecule has 5 rings (SSSR count). The minimum absolute atomic E-state index is 0.00387. The summed E-state index contributed by atoms with van der Waals surface area (Å²) in [6.45, 7) is 0. The van der Waals surface area contributed by atoms with Crippen molar-refractivity contribution in [1.82, 2.24) is 24.7 Å². The van der Waals surface area contributed by atoms with E-state index in [4.69, 9.17) is 20.3 Å². The Bertz CT molecular complexity index is 1520. The van der Waals surface area contributed by atoms with Crippen molar-refractivity contribution in [2.45, 2.75) is 12.3 Å².